The van der Waals surface area contributed by atoms with Crippen LogP contribution >= 0.6 is 11.6 Å². The van der Waals surface area contributed by atoms with E-state index in [1.165, 1.54) is 12.0 Å². The molecule has 1 aliphatic heterocycles. The van der Waals surface area contributed by atoms with E-state index in [9.17, 15) is 24.9 Å². The first-order valence-corrected chi connectivity index (χ1v) is 12.5. The van der Waals surface area contributed by atoms with Crippen molar-refractivity contribution in [3.05, 3.63) is 69.8 Å². The van der Waals surface area contributed by atoms with Gasteiger partial charge in [-0.25, -0.2) is 0 Å². The number of benzene rings is 2. The van der Waals surface area contributed by atoms with Crippen LogP contribution < -0.4 is 14.8 Å². The second-order valence-electron chi connectivity index (χ2n) is 9.02. The number of halogens is 1. The van der Waals surface area contributed by atoms with E-state index in [0.29, 0.717) is 33.2 Å². The summed E-state index contributed by atoms with van der Waals surface area (Å²) in [6.45, 7) is 1.47. The number of ether oxygens (including phenoxy) is 2. The Hall–Kier alpha value is -3.11. The summed E-state index contributed by atoms with van der Waals surface area (Å²) in [5, 5.41) is 33.8. The lowest BCUT2D eigenvalue weighted by atomic mass is 9.77. The Kier molecular flexibility index (Phi) is 8.39. The van der Waals surface area contributed by atoms with Gasteiger partial charge in [0.05, 0.1) is 32.3 Å². The van der Waals surface area contributed by atoms with Crippen LogP contribution in [-0.4, -0.2) is 70.5 Å². The number of hydrogen-bond donors (Lipinski definition) is 4. The standard InChI is InChI=1S/C27H31ClN2O7/c1-3-22(33)30(13-15-4-6-17(28)7-5-15)20-12-19(27(35)29-8-9-31)23-18-10-16(14-32)11-21(36-2)25(18)37-26(23)24(20)34/h4-7,10-12,20,23-24,26,31-32,34H,3,8-9,13-14H2,1-2H3,(H,29,35). The molecule has 1 aliphatic carbocycles. The van der Waals surface area contributed by atoms with Crippen LogP contribution in [0.25, 0.3) is 0 Å². The van der Waals surface area contributed by atoms with Crippen molar-refractivity contribution in [1.82, 2.24) is 10.2 Å². The molecule has 0 aromatic heterocycles. The van der Waals surface area contributed by atoms with E-state index in [0.717, 1.165) is 5.56 Å². The van der Waals surface area contributed by atoms with Crippen LogP contribution in [0.15, 0.2) is 48.0 Å². The van der Waals surface area contributed by atoms with Crippen LogP contribution in [0.4, 0.5) is 0 Å². The first-order chi connectivity index (χ1) is 17.8. The predicted molar refractivity (Wildman–Crippen MR) is 136 cm³/mol. The molecule has 4 N–H and O–H groups in total. The quantitative estimate of drug-likeness (QED) is 0.390. The average molecular weight is 531 g/mol. The molecule has 0 fully saturated rings. The number of carbonyl (C=O) groups excluding carboxylic acids is 2. The predicted octanol–water partition coefficient (Wildman–Crippen LogP) is 1.90. The third-order valence-electron chi connectivity index (χ3n) is 6.74. The number of fused-ring (bicyclic) bond motifs is 3. The van der Waals surface area contributed by atoms with Gasteiger partial charge in [0.1, 0.15) is 12.2 Å². The molecule has 2 amide bonds. The number of amides is 2. The molecule has 9 nitrogen and oxygen atoms in total. The number of aliphatic hydroxyl groups excluding tert-OH is 3. The molecule has 0 saturated carbocycles. The van der Waals surface area contributed by atoms with Crippen molar-refractivity contribution < 1.29 is 34.4 Å². The van der Waals surface area contributed by atoms with E-state index >= 15 is 0 Å². The second kappa shape index (κ2) is 11.5. The molecule has 2 aliphatic rings. The molecule has 198 valence electrons. The maximum Gasteiger partial charge on any atom is 0.247 e. The highest BCUT2D eigenvalue weighted by Gasteiger charge is 2.51. The largest absolute Gasteiger partial charge is 0.493 e. The maximum absolute atomic E-state index is 13.3. The number of nitrogens with zero attached hydrogens (tertiary/aromatic N) is 1. The van der Waals surface area contributed by atoms with E-state index in [1.54, 1.807) is 49.4 Å². The zero-order chi connectivity index (χ0) is 26.7. The van der Waals surface area contributed by atoms with Gasteiger partial charge in [-0.05, 0) is 41.5 Å². The summed E-state index contributed by atoms with van der Waals surface area (Å²) in [5.41, 5.74) is 2.28. The van der Waals surface area contributed by atoms with Crippen molar-refractivity contribution in [2.45, 2.75) is 50.7 Å². The number of aliphatic hydroxyl groups is 3. The van der Waals surface area contributed by atoms with Crippen molar-refractivity contribution in [2.24, 2.45) is 0 Å². The molecule has 1 heterocycles. The van der Waals surface area contributed by atoms with Gasteiger partial charge >= 0.3 is 0 Å². The van der Waals surface area contributed by atoms with Gasteiger partial charge in [0.2, 0.25) is 11.8 Å². The van der Waals surface area contributed by atoms with Crippen LogP contribution in [0.5, 0.6) is 11.5 Å². The highest BCUT2D eigenvalue weighted by Crippen LogP contribution is 2.51. The molecule has 0 radical (unpaired) electrons. The fourth-order valence-electron chi connectivity index (χ4n) is 4.97. The van der Waals surface area contributed by atoms with Gasteiger partial charge < -0.3 is 35.0 Å². The Labute approximate surface area is 220 Å². The number of carbonyl (C=O) groups is 2. The van der Waals surface area contributed by atoms with E-state index in [-0.39, 0.29) is 38.6 Å². The third-order valence-corrected chi connectivity index (χ3v) is 7.00. The summed E-state index contributed by atoms with van der Waals surface area (Å²) in [4.78, 5) is 27.9. The van der Waals surface area contributed by atoms with Crippen LogP contribution in [-0.2, 0) is 22.7 Å². The molecule has 10 heteroatoms. The minimum atomic E-state index is -1.17. The summed E-state index contributed by atoms with van der Waals surface area (Å²) in [5.74, 6) is -0.575. The molecule has 4 atom stereocenters. The minimum Gasteiger partial charge on any atom is -0.493 e. The van der Waals surface area contributed by atoms with Gasteiger partial charge in [-0.2, -0.15) is 0 Å². The molecular weight excluding hydrogens is 500 g/mol. The topological polar surface area (TPSA) is 129 Å². The molecule has 0 spiro atoms. The van der Waals surface area contributed by atoms with Crippen molar-refractivity contribution in [3.8, 4) is 11.5 Å². The van der Waals surface area contributed by atoms with Gasteiger partial charge in [-0.15, -0.1) is 0 Å². The van der Waals surface area contributed by atoms with E-state index in [2.05, 4.69) is 5.32 Å². The smallest absolute Gasteiger partial charge is 0.247 e. The monoisotopic (exact) mass is 530 g/mol. The number of rotatable bonds is 9. The van der Waals surface area contributed by atoms with Crippen LogP contribution in [0.1, 0.15) is 36.0 Å². The summed E-state index contributed by atoms with van der Waals surface area (Å²) in [6, 6.07) is 9.57. The first-order valence-electron chi connectivity index (χ1n) is 12.1. The van der Waals surface area contributed by atoms with Crippen molar-refractivity contribution in [2.75, 3.05) is 20.3 Å². The van der Waals surface area contributed by atoms with Crippen molar-refractivity contribution >= 4 is 23.4 Å². The SMILES string of the molecule is CCC(=O)N(Cc1ccc(Cl)cc1)C1C=C(C(=O)NCCO)C2c3cc(CO)cc(OC)c3OC2C1O. The van der Waals surface area contributed by atoms with Gasteiger partial charge in [0.25, 0.3) is 0 Å². The van der Waals surface area contributed by atoms with Gasteiger partial charge in [-0.3, -0.25) is 9.59 Å². The Bertz CT molecular complexity index is 1180. The van der Waals surface area contributed by atoms with Crippen molar-refractivity contribution in [3.63, 3.8) is 0 Å². The Balaban J connectivity index is 1.80. The Morgan fingerprint density at radius 1 is 1.16 bits per heavy atom. The van der Waals surface area contributed by atoms with E-state index in [1.807, 2.05) is 0 Å². The van der Waals surface area contributed by atoms with Crippen LogP contribution in [0.3, 0.4) is 0 Å². The van der Waals surface area contributed by atoms with E-state index in [4.69, 9.17) is 21.1 Å². The molecule has 4 rings (SSSR count). The first kappa shape index (κ1) is 26.9. The molecule has 0 bridgehead atoms. The fourth-order valence-corrected chi connectivity index (χ4v) is 5.09. The van der Waals surface area contributed by atoms with E-state index < -0.39 is 30.1 Å². The Morgan fingerprint density at radius 3 is 2.51 bits per heavy atom. The molecule has 2 aromatic carbocycles. The molecule has 4 unspecified atom stereocenters. The number of methoxy groups -OCH3 is 1. The average Bonchev–Trinajstić information content (AvgIpc) is 3.31. The lowest BCUT2D eigenvalue weighted by Gasteiger charge is -2.40. The molecule has 0 saturated heterocycles. The highest BCUT2D eigenvalue weighted by atomic mass is 35.5. The lowest BCUT2D eigenvalue weighted by molar-refractivity contribution is -0.137. The van der Waals surface area contributed by atoms with Crippen LogP contribution in [0.2, 0.25) is 5.02 Å². The molecule has 2 aromatic rings. The molecule has 37 heavy (non-hydrogen) atoms. The normalized spacial score (nSPS) is 21.8. The zero-order valence-corrected chi connectivity index (χ0v) is 21.4. The minimum absolute atomic E-state index is 0.0386. The summed E-state index contributed by atoms with van der Waals surface area (Å²) >= 11 is 6.02. The lowest BCUT2D eigenvalue weighted by Crippen LogP contribution is -2.55. The second-order valence-corrected chi connectivity index (χ2v) is 9.46. The number of nitrogens with one attached hydrogen (secondary N) is 1. The Morgan fingerprint density at radius 2 is 1.89 bits per heavy atom. The highest BCUT2D eigenvalue weighted by molar-refractivity contribution is 6.30. The van der Waals surface area contributed by atoms with Gasteiger partial charge in [-0.1, -0.05) is 30.7 Å². The van der Waals surface area contributed by atoms with Gasteiger partial charge in [0.15, 0.2) is 11.5 Å². The summed E-state index contributed by atoms with van der Waals surface area (Å²) in [7, 11) is 1.47. The van der Waals surface area contributed by atoms with Crippen molar-refractivity contribution in [1.29, 1.82) is 0 Å². The summed E-state index contributed by atoms with van der Waals surface area (Å²) in [6.07, 6.45) is -0.255. The summed E-state index contributed by atoms with van der Waals surface area (Å²) < 4.78 is 11.7. The zero-order valence-electron chi connectivity index (χ0n) is 20.7. The fraction of sp³-hybridized carbons (Fsp3) is 0.407. The maximum atomic E-state index is 13.3. The number of hydrogen-bond acceptors (Lipinski definition) is 7. The third kappa shape index (κ3) is 5.31. The molecular formula is C27H31ClN2O7. The van der Waals surface area contributed by atoms with Crippen LogP contribution in [0, 0.1) is 0 Å². The van der Waals surface area contributed by atoms with Gasteiger partial charge in [0, 0.05) is 35.7 Å².